The van der Waals surface area contributed by atoms with Crippen molar-refractivity contribution < 1.29 is 4.79 Å². The van der Waals surface area contributed by atoms with Crippen LogP contribution in [0.15, 0.2) is 0 Å². The lowest BCUT2D eigenvalue weighted by Crippen LogP contribution is -2.40. The summed E-state index contributed by atoms with van der Waals surface area (Å²) in [6, 6.07) is 0.448. The van der Waals surface area contributed by atoms with E-state index in [4.69, 9.17) is 0 Å². The Balaban J connectivity index is 3.79. The van der Waals surface area contributed by atoms with E-state index in [1.165, 1.54) is 0 Å². The van der Waals surface area contributed by atoms with Crippen molar-refractivity contribution in [1.82, 2.24) is 10.2 Å². The SMILES string of the molecule is CC[C@@H](NCC(=O)N(C)C)C(C)C. The third kappa shape index (κ3) is 4.88. The molecule has 3 nitrogen and oxygen atoms in total. The van der Waals surface area contributed by atoms with Gasteiger partial charge in [0.15, 0.2) is 0 Å². The number of hydrogen-bond acceptors (Lipinski definition) is 2. The van der Waals surface area contributed by atoms with Gasteiger partial charge >= 0.3 is 0 Å². The molecule has 0 saturated carbocycles. The molecule has 0 aliphatic rings. The number of likely N-dealkylation sites (N-methyl/N-ethyl adjacent to an activating group) is 1. The number of nitrogens with zero attached hydrogens (tertiary/aromatic N) is 1. The van der Waals surface area contributed by atoms with E-state index in [1.807, 2.05) is 0 Å². The van der Waals surface area contributed by atoms with E-state index < -0.39 is 0 Å². The Morgan fingerprint density at radius 3 is 2.23 bits per heavy atom. The van der Waals surface area contributed by atoms with Gasteiger partial charge in [0.25, 0.3) is 0 Å². The maximum Gasteiger partial charge on any atom is 0.236 e. The Morgan fingerprint density at radius 2 is 1.92 bits per heavy atom. The van der Waals surface area contributed by atoms with Crippen LogP contribution in [0.1, 0.15) is 27.2 Å². The minimum Gasteiger partial charge on any atom is -0.348 e. The molecule has 1 N–H and O–H groups in total. The van der Waals surface area contributed by atoms with Crippen LogP contribution in [0, 0.1) is 5.92 Å². The van der Waals surface area contributed by atoms with Crippen molar-refractivity contribution in [2.75, 3.05) is 20.6 Å². The van der Waals surface area contributed by atoms with Crippen LogP contribution in [-0.2, 0) is 4.79 Å². The first kappa shape index (κ1) is 12.4. The molecule has 0 aromatic carbocycles. The second-order valence-electron chi connectivity index (χ2n) is 3.93. The van der Waals surface area contributed by atoms with Crippen molar-refractivity contribution in [3.05, 3.63) is 0 Å². The van der Waals surface area contributed by atoms with Crippen LogP contribution in [0.3, 0.4) is 0 Å². The highest BCUT2D eigenvalue weighted by atomic mass is 16.2. The second-order valence-corrected chi connectivity index (χ2v) is 3.93. The molecule has 0 rings (SSSR count). The zero-order chi connectivity index (χ0) is 10.4. The minimum atomic E-state index is 0.138. The number of amides is 1. The molecule has 0 bridgehead atoms. The Hall–Kier alpha value is -0.570. The highest BCUT2D eigenvalue weighted by molar-refractivity contribution is 5.77. The molecule has 0 aromatic heterocycles. The molecular formula is C10H22N2O. The third-order valence-electron chi connectivity index (χ3n) is 2.26. The molecule has 0 saturated heterocycles. The van der Waals surface area contributed by atoms with E-state index in [0.29, 0.717) is 18.5 Å². The van der Waals surface area contributed by atoms with Crippen LogP contribution in [0.5, 0.6) is 0 Å². The summed E-state index contributed by atoms with van der Waals surface area (Å²) in [5, 5.41) is 3.26. The maximum atomic E-state index is 11.2. The Kier molecular flexibility index (Phi) is 5.71. The van der Waals surface area contributed by atoms with Crippen LogP contribution in [-0.4, -0.2) is 37.5 Å². The topological polar surface area (TPSA) is 32.3 Å². The summed E-state index contributed by atoms with van der Waals surface area (Å²) in [7, 11) is 3.56. The summed E-state index contributed by atoms with van der Waals surface area (Å²) in [4.78, 5) is 12.9. The Bertz CT molecular complexity index is 155. The molecule has 0 fully saturated rings. The molecule has 13 heavy (non-hydrogen) atoms. The molecule has 0 aromatic rings. The summed E-state index contributed by atoms with van der Waals surface area (Å²) in [6.45, 7) is 6.92. The lowest BCUT2D eigenvalue weighted by atomic mass is 10.0. The third-order valence-corrected chi connectivity index (χ3v) is 2.26. The van der Waals surface area contributed by atoms with Gasteiger partial charge in [-0.1, -0.05) is 20.8 Å². The molecule has 0 heterocycles. The van der Waals surface area contributed by atoms with E-state index in [9.17, 15) is 4.79 Å². The first-order valence-electron chi connectivity index (χ1n) is 4.92. The van der Waals surface area contributed by atoms with Gasteiger partial charge in [-0.25, -0.2) is 0 Å². The van der Waals surface area contributed by atoms with Crippen molar-refractivity contribution in [1.29, 1.82) is 0 Å². The lowest BCUT2D eigenvalue weighted by Gasteiger charge is -2.21. The van der Waals surface area contributed by atoms with Crippen molar-refractivity contribution in [2.24, 2.45) is 5.92 Å². The van der Waals surface area contributed by atoms with Crippen LogP contribution in [0.2, 0.25) is 0 Å². The van der Waals surface area contributed by atoms with Gasteiger partial charge in [-0.2, -0.15) is 0 Å². The number of carbonyl (C=O) groups is 1. The zero-order valence-corrected chi connectivity index (χ0v) is 9.42. The van der Waals surface area contributed by atoms with Gasteiger partial charge in [0, 0.05) is 20.1 Å². The fraction of sp³-hybridized carbons (Fsp3) is 0.900. The van der Waals surface area contributed by atoms with Crippen molar-refractivity contribution in [3.8, 4) is 0 Å². The molecular weight excluding hydrogens is 164 g/mol. The number of carbonyl (C=O) groups excluding carboxylic acids is 1. The number of rotatable bonds is 5. The van der Waals surface area contributed by atoms with Gasteiger partial charge in [0.1, 0.15) is 0 Å². The summed E-state index contributed by atoms with van der Waals surface area (Å²) in [6.07, 6.45) is 1.07. The van der Waals surface area contributed by atoms with Gasteiger partial charge in [0.05, 0.1) is 6.54 Å². The van der Waals surface area contributed by atoms with Gasteiger partial charge in [-0.05, 0) is 12.3 Å². The average molecular weight is 186 g/mol. The Labute approximate surface area is 81.5 Å². The van der Waals surface area contributed by atoms with Gasteiger partial charge in [-0.15, -0.1) is 0 Å². The molecule has 78 valence electrons. The zero-order valence-electron chi connectivity index (χ0n) is 9.42. The lowest BCUT2D eigenvalue weighted by molar-refractivity contribution is -0.127. The van der Waals surface area contributed by atoms with Crippen LogP contribution < -0.4 is 5.32 Å². The predicted molar refractivity (Wildman–Crippen MR) is 55.6 cm³/mol. The highest BCUT2D eigenvalue weighted by Crippen LogP contribution is 2.04. The Morgan fingerprint density at radius 1 is 1.38 bits per heavy atom. The summed E-state index contributed by atoms with van der Waals surface area (Å²) < 4.78 is 0. The highest BCUT2D eigenvalue weighted by Gasteiger charge is 2.12. The smallest absolute Gasteiger partial charge is 0.236 e. The van der Waals surface area contributed by atoms with E-state index in [1.54, 1.807) is 19.0 Å². The fourth-order valence-electron chi connectivity index (χ4n) is 1.23. The van der Waals surface area contributed by atoms with Gasteiger partial charge < -0.3 is 10.2 Å². The fourth-order valence-corrected chi connectivity index (χ4v) is 1.23. The summed E-state index contributed by atoms with van der Waals surface area (Å²) in [5.74, 6) is 0.721. The molecule has 0 radical (unpaired) electrons. The molecule has 3 heteroatoms. The van der Waals surface area contributed by atoms with Gasteiger partial charge in [0.2, 0.25) is 5.91 Å². The first-order valence-corrected chi connectivity index (χ1v) is 4.92. The van der Waals surface area contributed by atoms with Crippen LogP contribution in [0.25, 0.3) is 0 Å². The largest absolute Gasteiger partial charge is 0.348 e. The summed E-state index contributed by atoms with van der Waals surface area (Å²) in [5.41, 5.74) is 0. The van der Waals surface area contributed by atoms with E-state index in [-0.39, 0.29) is 5.91 Å². The predicted octanol–water partition coefficient (Wildman–Crippen LogP) is 1.10. The number of hydrogen-bond donors (Lipinski definition) is 1. The van der Waals surface area contributed by atoms with E-state index in [0.717, 1.165) is 6.42 Å². The van der Waals surface area contributed by atoms with Crippen LogP contribution >= 0.6 is 0 Å². The van der Waals surface area contributed by atoms with Gasteiger partial charge in [-0.3, -0.25) is 4.79 Å². The molecule has 1 amide bonds. The van der Waals surface area contributed by atoms with E-state index >= 15 is 0 Å². The quantitative estimate of drug-likeness (QED) is 0.697. The summed E-state index contributed by atoms with van der Waals surface area (Å²) >= 11 is 0. The molecule has 0 unspecified atom stereocenters. The van der Waals surface area contributed by atoms with Crippen molar-refractivity contribution in [3.63, 3.8) is 0 Å². The maximum absolute atomic E-state index is 11.2. The minimum absolute atomic E-state index is 0.138. The normalized spacial score (nSPS) is 13.1. The molecule has 1 atom stereocenters. The average Bonchev–Trinajstić information content (AvgIpc) is 2.04. The molecule has 0 aliphatic heterocycles. The monoisotopic (exact) mass is 186 g/mol. The molecule has 0 spiro atoms. The standard InChI is InChI=1S/C10H22N2O/c1-6-9(8(2)3)11-7-10(13)12(4)5/h8-9,11H,6-7H2,1-5H3/t9-/m1/s1. The van der Waals surface area contributed by atoms with Crippen molar-refractivity contribution >= 4 is 5.91 Å². The van der Waals surface area contributed by atoms with E-state index in [2.05, 4.69) is 26.1 Å². The van der Waals surface area contributed by atoms with Crippen molar-refractivity contribution in [2.45, 2.75) is 33.2 Å². The first-order chi connectivity index (χ1) is 5.99. The second kappa shape index (κ2) is 5.97. The van der Waals surface area contributed by atoms with Crippen LogP contribution in [0.4, 0.5) is 0 Å². The number of nitrogens with one attached hydrogen (secondary N) is 1. The molecule has 0 aliphatic carbocycles.